The number of hydrogen-bond donors (Lipinski definition) is 2. The molecule has 0 aliphatic carbocycles. The Balaban J connectivity index is 2.43. The zero-order valence-electron chi connectivity index (χ0n) is 11.7. The fourth-order valence-corrected chi connectivity index (χ4v) is 2.34. The van der Waals surface area contributed by atoms with E-state index in [1.165, 1.54) is 5.56 Å². The number of imidazole rings is 1. The maximum atomic E-state index is 5.88. The van der Waals surface area contributed by atoms with Crippen LogP contribution in [0, 0.1) is 5.92 Å². The summed E-state index contributed by atoms with van der Waals surface area (Å²) in [6.45, 7) is 9.42. The molecule has 0 amide bonds. The fraction of sp³-hybridized carbons (Fsp3) is 0.533. The van der Waals surface area contributed by atoms with Gasteiger partial charge < -0.3 is 10.7 Å². The van der Waals surface area contributed by atoms with Gasteiger partial charge in [0.05, 0.1) is 11.0 Å². The highest BCUT2D eigenvalue weighted by molar-refractivity contribution is 5.76. The molecule has 2 aromatic rings. The molecule has 3 heteroatoms. The predicted octanol–water partition coefficient (Wildman–Crippen LogP) is 3.38. The van der Waals surface area contributed by atoms with Crippen molar-refractivity contribution in [2.75, 3.05) is 6.54 Å². The number of nitrogens with two attached hydrogens (primary N) is 1. The van der Waals surface area contributed by atoms with Crippen molar-refractivity contribution in [3.8, 4) is 0 Å². The Morgan fingerprint density at radius 2 is 1.94 bits per heavy atom. The van der Waals surface area contributed by atoms with Crippen molar-refractivity contribution >= 4 is 11.0 Å². The van der Waals surface area contributed by atoms with E-state index < -0.39 is 0 Å². The van der Waals surface area contributed by atoms with Crippen molar-refractivity contribution in [2.45, 2.75) is 39.5 Å². The molecule has 1 aromatic heterocycles. The third kappa shape index (κ3) is 2.41. The summed E-state index contributed by atoms with van der Waals surface area (Å²) in [6, 6.07) is 6.45. The monoisotopic (exact) mass is 245 g/mol. The molecule has 0 aliphatic rings. The highest BCUT2D eigenvalue weighted by Crippen LogP contribution is 2.26. The van der Waals surface area contributed by atoms with E-state index in [1.807, 2.05) is 0 Å². The highest BCUT2D eigenvalue weighted by Gasteiger charge is 2.15. The molecular formula is C15H23N3. The summed E-state index contributed by atoms with van der Waals surface area (Å²) in [6.07, 6.45) is 0. The molecule has 0 radical (unpaired) electrons. The number of nitrogens with zero attached hydrogens (tertiary/aromatic N) is 1. The summed E-state index contributed by atoms with van der Waals surface area (Å²) in [5.74, 6) is 2.45. The summed E-state index contributed by atoms with van der Waals surface area (Å²) in [5, 5.41) is 0. The minimum atomic E-state index is 0.417. The van der Waals surface area contributed by atoms with Gasteiger partial charge in [-0.2, -0.15) is 0 Å². The molecule has 0 fully saturated rings. The quantitative estimate of drug-likeness (QED) is 0.867. The van der Waals surface area contributed by atoms with Crippen LogP contribution >= 0.6 is 0 Å². The lowest BCUT2D eigenvalue weighted by molar-refractivity contribution is 0.507. The van der Waals surface area contributed by atoms with E-state index in [1.54, 1.807) is 0 Å². The predicted molar refractivity (Wildman–Crippen MR) is 76.8 cm³/mol. The number of benzene rings is 1. The molecule has 1 atom stereocenters. The average molecular weight is 245 g/mol. The van der Waals surface area contributed by atoms with E-state index in [-0.39, 0.29) is 0 Å². The molecule has 3 N–H and O–H groups in total. The van der Waals surface area contributed by atoms with E-state index >= 15 is 0 Å². The molecule has 1 heterocycles. The van der Waals surface area contributed by atoms with Crippen molar-refractivity contribution < 1.29 is 0 Å². The fourth-order valence-electron chi connectivity index (χ4n) is 2.34. The summed E-state index contributed by atoms with van der Waals surface area (Å²) in [5.41, 5.74) is 9.35. The number of aromatic nitrogens is 2. The second-order valence-electron chi connectivity index (χ2n) is 5.64. The van der Waals surface area contributed by atoms with Crippen LogP contribution in [0.25, 0.3) is 11.0 Å². The van der Waals surface area contributed by atoms with Crippen LogP contribution in [0.2, 0.25) is 0 Å². The Hall–Kier alpha value is -1.35. The largest absolute Gasteiger partial charge is 0.342 e. The van der Waals surface area contributed by atoms with E-state index in [0.717, 1.165) is 16.9 Å². The van der Waals surface area contributed by atoms with Crippen molar-refractivity contribution in [1.82, 2.24) is 9.97 Å². The van der Waals surface area contributed by atoms with Gasteiger partial charge in [-0.3, -0.25) is 0 Å². The third-order valence-corrected chi connectivity index (χ3v) is 3.56. The van der Waals surface area contributed by atoms with Crippen LogP contribution in [0.3, 0.4) is 0 Å². The lowest BCUT2D eigenvalue weighted by Crippen LogP contribution is -2.17. The molecule has 0 spiro atoms. The van der Waals surface area contributed by atoms with Crippen LogP contribution in [0.1, 0.15) is 50.9 Å². The van der Waals surface area contributed by atoms with Gasteiger partial charge in [0.2, 0.25) is 0 Å². The van der Waals surface area contributed by atoms with Gasteiger partial charge in [0.1, 0.15) is 5.82 Å². The molecule has 0 saturated heterocycles. The summed E-state index contributed by atoms with van der Waals surface area (Å²) >= 11 is 0. The zero-order chi connectivity index (χ0) is 13.3. The molecule has 1 unspecified atom stereocenters. The smallest absolute Gasteiger partial charge is 0.109 e. The van der Waals surface area contributed by atoms with Gasteiger partial charge in [0.25, 0.3) is 0 Å². The molecule has 18 heavy (non-hydrogen) atoms. The lowest BCUT2D eigenvalue weighted by atomic mass is 9.88. The molecule has 98 valence electrons. The SMILES string of the molecule is CC(C)c1nc2ccc(C(CN)C(C)C)cc2[nH]1. The normalized spacial score (nSPS) is 13.7. The van der Waals surface area contributed by atoms with Crippen molar-refractivity contribution in [3.05, 3.63) is 29.6 Å². The molecule has 0 aliphatic heterocycles. The number of aromatic amines is 1. The molecule has 1 aromatic carbocycles. The van der Waals surface area contributed by atoms with E-state index in [0.29, 0.717) is 24.3 Å². The average Bonchev–Trinajstić information content (AvgIpc) is 2.72. The number of rotatable bonds is 4. The van der Waals surface area contributed by atoms with Crippen LogP contribution in [-0.2, 0) is 0 Å². The second-order valence-corrected chi connectivity index (χ2v) is 5.64. The summed E-state index contributed by atoms with van der Waals surface area (Å²) < 4.78 is 0. The van der Waals surface area contributed by atoms with Gasteiger partial charge >= 0.3 is 0 Å². The Kier molecular flexibility index (Phi) is 3.71. The Bertz CT molecular complexity index is 526. The highest BCUT2D eigenvalue weighted by atomic mass is 14.9. The molecule has 0 bridgehead atoms. The lowest BCUT2D eigenvalue weighted by Gasteiger charge is -2.19. The molecule has 0 saturated carbocycles. The van der Waals surface area contributed by atoms with Crippen LogP contribution in [0.5, 0.6) is 0 Å². The first kappa shape index (κ1) is 13.1. The first-order valence-corrected chi connectivity index (χ1v) is 6.72. The van der Waals surface area contributed by atoms with Crippen molar-refractivity contribution in [3.63, 3.8) is 0 Å². The molecular weight excluding hydrogens is 222 g/mol. The van der Waals surface area contributed by atoms with Crippen LogP contribution in [0.4, 0.5) is 0 Å². The first-order valence-electron chi connectivity index (χ1n) is 6.72. The van der Waals surface area contributed by atoms with Gasteiger partial charge in [-0.1, -0.05) is 33.8 Å². The Labute approximate surface area is 109 Å². The van der Waals surface area contributed by atoms with Crippen molar-refractivity contribution in [2.24, 2.45) is 11.7 Å². The molecule has 2 rings (SSSR count). The molecule has 3 nitrogen and oxygen atoms in total. The van der Waals surface area contributed by atoms with Crippen molar-refractivity contribution in [1.29, 1.82) is 0 Å². The van der Waals surface area contributed by atoms with E-state index in [4.69, 9.17) is 5.73 Å². The number of hydrogen-bond acceptors (Lipinski definition) is 2. The standard InChI is InChI=1S/C15H23N3/c1-9(2)12(8-16)11-5-6-13-14(7-11)18-15(17-13)10(3)4/h5-7,9-10,12H,8,16H2,1-4H3,(H,17,18). The van der Waals surface area contributed by atoms with E-state index in [9.17, 15) is 0 Å². The minimum absolute atomic E-state index is 0.417. The van der Waals surface area contributed by atoms with Gasteiger partial charge in [-0.05, 0) is 36.1 Å². The van der Waals surface area contributed by atoms with Crippen LogP contribution < -0.4 is 5.73 Å². The summed E-state index contributed by atoms with van der Waals surface area (Å²) in [4.78, 5) is 8.00. The third-order valence-electron chi connectivity index (χ3n) is 3.56. The van der Waals surface area contributed by atoms with E-state index in [2.05, 4.69) is 55.9 Å². The second kappa shape index (κ2) is 5.11. The number of nitrogens with one attached hydrogen (secondary N) is 1. The van der Waals surface area contributed by atoms with Gasteiger partial charge in [0.15, 0.2) is 0 Å². The van der Waals surface area contributed by atoms with Gasteiger partial charge in [-0.15, -0.1) is 0 Å². The summed E-state index contributed by atoms with van der Waals surface area (Å²) in [7, 11) is 0. The maximum Gasteiger partial charge on any atom is 0.109 e. The zero-order valence-corrected chi connectivity index (χ0v) is 11.7. The Morgan fingerprint density at radius 3 is 2.50 bits per heavy atom. The van der Waals surface area contributed by atoms with Gasteiger partial charge in [-0.25, -0.2) is 4.98 Å². The number of fused-ring (bicyclic) bond motifs is 1. The topological polar surface area (TPSA) is 54.7 Å². The first-order chi connectivity index (χ1) is 8.52. The van der Waals surface area contributed by atoms with Crippen LogP contribution in [0.15, 0.2) is 18.2 Å². The van der Waals surface area contributed by atoms with Crippen LogP contribution in [-0.4, -0.2) is 16.5 Å². The number of H-pyrrole nitrogens is 1. The Morgan fingerprint density at radius 1 is 1.22 bits per heavy atom. The maximum absolute atomic E-state index is 5.88. The van der Waals surface area contributed by atoms with Gasteiger partial charge in [0, 0.05) is 5.92 Å². The minimum Gasteiger partial charge on any atom is -0.342 e.